The second kappa shape index (κ2) is 15.7. The minimum Gasteiger partial charge on any atom is -0.287 e. The monoisotopic (exact) mass is 460 g/mol. The Kier molecular flexibility index (Phi) is 15.7. The highest BCUT2D eigenvalue weighted by Crippen LogP contribution is 2.51. The molecule has 0 aliphatic rings. The molecule has 0 fully saturated rings. The molecule has 0 spiro atoms. The summed E-state index contributed by atoms with van der Waals surface area (Å²) in [5.74, 6) is 0.480. The van der Waals surface area contributed by atoms with Crippen molar-refractivity contribution < 1.29 is 35.3 Å². The maximum absolute atomic E-state index is 13.1. The minimum absolute atomic E-state index is 0.240. The standard InChI is InChI=1S/C19H41O8PS/c1-6-10-12-18(8-3)15-25-28(20,24-14-17(5)27-29(21,22)23)26-16-19(9-4)13-11-7-2/h17-19H,6-16H2,1-5H3,(H,21,22,23). The first-order valence-corrected chi connectivity index (χ1v) is 13.6. The number of phosphoric acid groups is 1. The van der Waals surface area contributed by atoms with E-state index in [4.69, 9.17) is 18.1 Å². The summed E-state index contributed by atoms with van der Waals surface area (Å²) in [7, 11) is -8.52. The van der Waals surface area contributed by atoms with Gasteiger partial charge in [0.2, 0.25) is 0 Å². The number of phosphoric ester groups is 1. The first kappa shape index (κ1) is 29.0. The molecule has 0 aromatic rings. The molecule has 0 bridgehead atoms. The minimum atomic E-state index is -4.62. The summed E-state index contributed by atoms with van der Waals surface area (Å²) in [5, 5.41) is 0. The van der Waals surface area contributed by atoms with Crippen LogP contribution in [0.1, 0.15) is 86.0 Å². The molecule has 0 amide bonds. The van der Waals surface area contributed by atoms with Gasteiger partial charge in [-0.3, -0.25) is 18.1 Å². The van der Waals surface area contributed by atoms with E-state index in [0.29, 0.717) is 0 Å². The molecule has 0 aromatic heterocycles. The van der Waals surface area contributed by atoms with Gasteiger partial charge in [0, 0.05) is 0 Å². The summed E-state index contributed by atoms with van der Waals surface area (Å²) >= 11 is 0. The molecule has 0 aliphatic heterocycles. The lowest BCUT2D eigenvalue weighted by molar-refractivity contribution is 0.0575. The van der Waals surface area contributed by atoms with Gasteiger partial charge in [0.25, 0.3) is 0 Å². The van der Waals surface area contributed by atoms with E-state index in [1.165, 1.54) is 6.92 Å². The van der Waals surface area contributed by atoms with Crippen LogP contribution in [0.4, 0.5) is 0 Å². The van der Waals surface area contributed by atoms with Crippen molar-refractivity contribution in [3.8, 4) is 0 Å². The molecule has 0 radical (unpaired) electrons. The third-order valence-corrected chi connectivity index (χ3v) is 6.74. The molecular formula is C19H41O8PS. The van der Waals surface area contributed by atoms with Gasteiger partial charge >= 0.3 is 18.2 Å². The van der Waals surface area contributed by atoms with Crippen LogP contribution in [0.25, 0.3) is 0 Å². The highest BCUT2D eigenvalue weighted by molar-refractivity contribution is 7.80. The van der Waals surface area contributed by atoms with Crippen LogP contribution in [0.15, 0.2) is 0 Å². The fraction of sp³-hybridized carbons (Fsp3) is 1.00. The Morgan fingerprint density at radius 3 is 1.59 bits per heavy atom. The molecule has 0 rings (SSSR count). The number of unbranched alkanes of at least 4 members (excludes halogenated alkanes) is 2. The van der Waals surface area contributed by atoms with E-state index in [1.807, 2.05) is 0 Å². The van der Waals surface area contributed by atoms with E-state index in [0.717, 1.165) is 51.4 Å². The molecule has 10 heteroatoms. The Morgan fingerprint density at radius 1 is 0.828 bits per heavy atom. The molecule has 0 aliphatic carbocycles. The SMILES string of the molecule is CCCCC(CC)COP(=O)(OCC(CC)CCCC)OCC(C)OS(=O)(=O)O. The summed E-state index contributed by atoms with van der Waals surface area (Å²) in [5.41, 5.74) is 0. The van der Waals surface area contributed by atoms with Crippen LogP contribution in [0.5, 0.6) is 0 Å². The first-order chi connectivity index (χ1) is 13.6. The van der Waals surface area contributed by atoms with Crippen LogP contribution in [0.2, 0.25) is 0 Å². The molecular weight excluding hydrogens is 419 g/mol. The Bertz CT molecular complexity index is 530. The second-order valence-electron chi connectivity index (χ2n) is 7.50. The summed E-state index contributed by atoms with van der Waals surface area (Å²) < 4.78 is 64.5. The van der Waals surface area contributed by atoms with Crippen molar-refractivity contribution in [2.75, 3.05) is 19.8 Å². The first-order valence-electron chi connectivity index (χ1n) is 10.8. The highest BCUT2D eigenvalue weighted by Gasteiger charge is 2.30. The average Bonchev–Trinajstić information content (AvgIpc) is 2.65. The predicted octanol–water partition coefficient (Wildman–Crippen LogP) is 5.79. The molecule has 1 N–H and O–H groups in total. The largest absolute Gasteiger partial charge is 0.474 e. The zero-order valence-corrected chi connectivity index (χ0v) is 20.4. The lowest BCUT2D eigenvalue weighted by atomic mass is 10.0. The van der Waals surface area contributed by atoms with Gasteiger partial charge in [-0.15, -0.1) is 0 Å². The van der Waals surface area contributed by atoms with Crippen molar-refractivity contribution in [3.63, 3.8) is 0 Å². The van der Waals surface area contributed by atoms with E-state index < -0.39 is 24.3 Å². The third kappa shape index (κ3) is 15.4. The molecule has 0 aromatic carbocycles. The Balaban J connectivity index is 4.96. The molecule has 0 saturated carbocycles. The van der Waals surface area contributed by atoms with E-state index in [1.54, 1.807) is 0 Å². The van der Waals surface area contributed by atoms with Crippen molar-refractivity contribution in [2.45, 2.75) is 92.1 Å². The fourth-order valence-corrected chi connectivity index (χ4v) is 4.61. The summed E-state index contributed by atoms with van der Waals surface area (Å²) in [6.07, 6.45) is 6.92. The molecule has 29 heavy (non-hydrogen) atoms. The third-order valence-electron chi connectivity index (χ3n) is 4.78. The van der Waals surface area contributed by atoms with Crippen LogP contribution < -0.4 is 0 Å². The zero-order valence-electron chi connectivity index (χ0n) is 18.7. The smallest absolute Gasteiger partial charge is 0.287 e. The van der Waals surface area contributed by atoms with E-state index >= 15 is 0 Å². The van der Waals surface area contributed by atoms with Crippen molar-refractivity contribution >= 4 is 18.2 Å². The fourth-order valence-electron chi connectivity index (χ4n) is 2.73. The van der Waals surface area contributed by atoms with E-state index in [9.17, 15) is 13.0 Å². The quantitative estimate of drug-likeness (QED) is 0.191. The van der Waals surface area contributed by atoms with Crippen LogP contribution in [0, 0.1) is 11.8 Å². The van der Waals surface area contributed by atoms with Gasteiger partial charge in [-0.25, -0.2) is 8.75 Å². The number of rotatable bonds is 19. The van der Waals surface area contributed by atoms with Crippen molar-refractivity contribution in [1.29, 1.82) is 0 Å². The Labute approximate surface area is 177 Å². The van der Waals surface area contributed by atoms with Gasteiger partial charge in [0.1, 0.15) is 6.10 Å². The molecule has 3 unspecified atom stereocenters. The topological polar surface area (TPSA) is 108 Å². The maximum Gasteiger partial charge on any atom is 0.474 e. The lowest BCUT2D eigenvalue weighted by Crippen LogP contribution is -2.21. The van der Waals surface area contributed by atoms with Gasteiger partial charge < -0.3 is 0 Å². The maximum atomic E-state index is 13.1. The van der Waals surface area contributed by atoms with Gasteiger partial charge in [0.15, 0.2) is 0 Å². The van der Waals surface area contributed by atoms with Crippen LogP contribution in [0.3, 0.4) is 0 Å². The summed E-state index contributed by atoms with van der Waals surface area (Å²) in [4.78, 5) is 0. The van der Waals surface area contributed by atoms with Gasteiger partial charge in [-0.05, 0) is 31.6 Å². The summed E-state index contributed by atoms with van der Waals surface area (Å²) in [6, 6.07) is 0. The van der Waals surface area contributed by atoms with Crippen molar-refractivity contribution in [2.24, 2.45) is 11.8 Å². The lowest BCUT2D eigenvalue weighted by Gasteiger charge is -2.24. The van der Waals surface area contributed by atoms with Crippen molar-refractivity contribution in [3.05, 3.63) is 0 Å². The molecule has 0 saturated heterocycles. The predicted molar refractivity (Wildman–Crippen MR) is 114 cm³/mol. The molecule has 0 heterocycles. The van der Waals surface area contributed by atoms with Crippen LogP contribution >= 0.6 is 7.82 Å². The number of hydrogen-bond acceptors (Lipinski definition) is 7. The summed E-state index contributed by atoms with van der Waals surface area (Å²) in [6.45, 7) is 9.84. The van der Waals surface area contributed by atoms with Crippen molar-refractivity contribution in [1.82, 2.24) is 0 Å². The van der Waals surface area contributed by atoms with Crippen LogP contribution in [-0.2, 0) is 32.7 Å². The van der Waals surface area contributed by atoms with Gasteiger partial charge in [-0.1, -0.05) is 66.2 Å². The zero-order chi connectivity index (χ0) is 22.3. The number of hydrogen-bond donors (Lipinski definition) is 1. The molecule has 8 nitrogen and oxygen atoms in total. The Hall–Kier alpha value is -0.0200. The normalized spacial score (nSPS) is 17.6. The van der Waals surface area contributed by atoms with Crippen LogP contribution in [-0.4, -0.2) is 38.9 Å². The Morgan fingerprint density at radius 2 is 1.24 bits per heavy atom. The second-order valence-corrected chi connectivity index (χ2v) is 10.2. The van der Waals surface area contributed by atoms with E-state index in [2.05, 4.69) is 31.9 Å². The molecule has 176 valence electrons. The van der Waals surface area contributed by atoms with Gasteiger partial charge in [-0.2, -0.15) is 8.42 Å². The molecule has 3 atom stereocenters. The van der Waals surface area contributed by atoms with E-state index in [-0.39, 0.29) is 31.7 Å². The highest BCUT2D eigenvalue weighted by atomic mass is 32.3. The van der Waals surface area contributed by atoms with Gasteiger partial charge in [0.05, 0.1) is 19.8 Å². The average molecular weight is 461 g/mol.